The zero-order chi connectivity index (χ0) is 15.4. The minimum Gasteiger partial charge on any atom is -0.495 e. The van der Waals surface area contributed by atoms with Crippen molar-refractivity contribution in [1.82, 2.24) is 5.32 Å². The van der Waals surface area contributed by atoms with E-state index in [1.807, 2.05) is 19.2 Å². The Morgan fingerprint density at radius 1 is 1.10 bits per heavy atom. The molecule has 0 fully saturated rings. The Bertz CT molecular complexity index is 628. The third-order valence-corrected chi connectivity index (χ3v) is 4.24. The number of hydrogen-bond donors (Lipinski definition) is 1. The van der Waals surface area contributed by atoms with Gasteiger partial charge in [0.2, 0.25) is 0 Å². The molecule has 2 nitrogen and oxygen atoms in total. The van der Waals surface area contributed by atoms with E-state index in [0.29, 0.717) is 15.8 Å². The van der Waals surface area contributed by atoms with Crippen LogP contribution in [0.1, 0.15) is 29.7 Å². The molecule has 1 N–H and O–H groups in total. The van der Waals surface area contributed by atoms with Gasteiger partial charge in [0.25, 0.3) is 0 Å². The van der Waals surface area contributed by atoms with E-state index in [9.17, 15) is 0 Å². The second-order valence-electron chi connectivity index (χ2n) is 4.78. The van der Waals surface area contributed by atoms with Crippen LogP contribution in [0.5, 0.6) is 5.75 Å². The fourth-order valence-corrected chi connectivity index (χ4v) is 3.05. The van der Waals surface area contributed by atoms with Crippen LogP contribution in [0, 0.1) is 0 Å². The molecule has 0 aromatic heterocycles. The molecule has 0 amide bonds. The summed E-state index contributed by atoms with van der Waals surface area (Å²) in [7, 11) is 3.50. The Kier molecular flexibility index (Phi) is 5.51. The normalized spacial score (nSPS) is 12.2. The van der Waals surface area contributed by atoms with Gasteiger partial charge in [0, 0.05) is 11.1 Å². The van der Waals surface area contributed by atoms with Crippen molar-refractivity contribution in [3.63, 3.8) is 0 Å². The molecular formula is C17H19Cl2NO. The summed E-state index contributed by atoms with van der Waals surface area (Å²) in [5, 5.41) is 4.53. The van der Waals surface area contributed by atoms with E-state index in [4.69, 9.17) is 27.9 Å². The van der Waals surface area contributed by atoms with E-state index in [-0.39, 0.29) is 6.04 Å². The molecule has 1 unspecified atom stereocenters. The molecule has 0 aliphatic rings. The van der Waals surface area contributed by atoms with E-state index >= 15 is 0 Å². The number of methoxy groups -OCH3 is 1. The van der Waals surface area contributed by atoms with Gasteiger partial charge in [0.1, 0.15) is 5.75 Å². The first-order chi connectivity index (χ1) is 10.1. The average molecular weight is 324 g/mol. The van der Waals surface area contributed by atoms with Crippen LogP contribution in [0.15, 0.2) is 36.4 Å². The third-order valence-electron chi connectivity index (χ3n) is 3.62. The predicted octanol–water partition coefficient (Wildman–Crippen LogP) is 4.87. The van der Waals surface area contributed by atoms with Gasteiger partial charge in [-0.25, -0.2) is 0 Å². The zero-order valence-electron chi connectivity index (χ0n) is 12.4. The summed E-state index contributed by atoms with van der Waals surface area (Å²) >= 11 is 12.7. The van der Waals surface area contributed by atoms with Gasteiger partial charge in [-0.05, 0) is 36.2 Å². The average Bonchev–Trinajstić information content (AvgIpc) is 2.51. The first-order valence-electron chi connectivity index (χ1n) is 6.90. The summed E-state index contributed by atoms with van der Waals surface area (Å²) in [5.41, 5.74) is 3.45. The highest BCUT2D eigenvalue weighted by atomic mass is 35.5. The van der Waals surface area contributed by atoms with Gasteiger partial charge in [-0.2, -0.15) is 0 Å². The van der Waals surface area contributed by atoms with Crippen molar-refractivity contribution < 1.29 is 4.74 Å². The first-order valence-corrected chi connectivity index (χ1v) is 7.66. The van der Waals surface area contributed by atoms with Crippen LogP contribution in [0.2, 0.25) is 10.0 Å². The lowest BCUT2D eigenvalue weighted by atomic mass is 9.93. The molecular weight excluding hydrogens is 305 g/mol. The lowest BCUT2D eigenvalue weighted by molar-refractivity contribution is 0.415. The van der Waals surface area contributed by atoms with Crippen molar-refractivity contribution in [3.05, 3.63) is 63.1 Å². The van der Waals surface area contributed by atoms with Gasteiger partial charge in [0.15, 0.2) is 0 Å². The van der Waals surface area contributed by atoms with Gasteiger partial charge < -0.3 is 10.1 Å². The lowest BCUT2D eigenvalue weighted by Crippen LogP contribution is -2.19. The molecule has 2 aromatic rings. The van der Waals surface area contributed by atoms with Gasteiger partial charge in [-0.3, -0.25) is 0 Å². The number of halogens is 2. The highest BCUT2D eigenvalue weighted by Crippen LogP contribution is 2.36. The molecule has 0 saturated heterocycles. The molecule has 0 spiro atoms. The van der Waals surface area contributed by atoms with Crippen LogP contribution in [-0.2, 0) is 6.42 Å². The molecule has 2 rings (SSSR count). The number of benzene rings is 2. The van der Waals surface area contributed by atoms with Crippen molar-refractivity contribution in [3.8, 4) is 5.75 Å². The maximum atomic E-state index is 6.42. The molecule has 0 bridgehead atoms. The minimum atomic E-state index is -0.00273. The second-order valence-corrected chi connectivity index (χ2v) is 5.60. The molecule has 0 saturated carbocycles. The Labute approximate surface area is 136 Å². The lowest BCUT2D eigenvalue weighted by Gasteiger charge is -2.22. The summed E-state index contributed by atoms with van der Waals surface area (Å²) in [5.74, 6) is 0.587. The highest BCUT2D eigenvalue weighted by molar-refractivity contribution is 6.34. The quantitative estimate of drug-likeness (QED) is 0.847. The van der Waals surface area contributed by atoms with Crippen molar-refractivity contribution in [1.29, 1.82) is 0 Å². The second kappa shape index (κ2) is 7.17. The van der Waals surface area contributed by atoms with Gasteiger partial charge in [-0.1, -0.05) is 54.4 Å². The van der Waals surface area contributed by atoms with Crippen molar-refractivity contribution in [2.45, 2.75) is 19.4 Å². The summed E-state index contributed by atoms with van der Waals surface area (Å²) in [4.78, 5) is 0. The molecule has 112 valence electrons. The van der Waals surface area contributed by atoms with Gasteiger partial charge >= 0.3 is 0 Å². The summed E-state index contributed by atoms with van der Waals surface area (Å²) < 4.78 is 5.21. The van der Waals surface area contributed by atoms with Crippen molar-refractivity contribution >= 4 is 23.2 Å². The molecule has 0 aliphatic heterocycles. The van der Waals surface area contributed by atoms with Crippen molar-refractivity contribution in [2.24, 2.45) is 0 Å². The van der Waals surface area contributed by atoms with E-state index in [0.717, 1.165) is 12.0 Å². The summed E-state index contributed by atoms with van der Waals surface area (Å²) in [6.45, 7) is 2.15. The summed E-state index contributed by atoms with van der Waals surface area (Å²) in [6, 6.07) is 12.0. The highest BCUT2D eigenvalue weighted by Gasteiger charge is 2.19. The fraction of sp³-hybridized carbons (Fsp3) is 0.294. The van der Waals surface area contributed by atoms with Crippen LogP contribution in [0.4, 0.5) is 0 Å². The van der Waals surface area contributed by atoms with E-state index < -0.39 is 0 Å². The van der Waals surface area contributed by atoms with Crippen molar-refractivity contribution in [2.75, 3.05) is 14.2 Å². The number of rotatable bonds is 5. The smallest absolute Gasteiger partial charge is 0.138 e. The van der Waals surface area contributed by atoms with Crippen LogP contribution < -0.4 is 10.1 Å². The predicted molar refractivity (Wildman–Crippen MR) is 89.7 cm³/mol. The Balaban J connectivity index is 2.54. The van der Waals surface area contributed by atoms with Crippen LogP contribution >= 0.6 is 23.2 Å². The van der Waals surface area contributed by atoms with E-state index in [1.165, 1.54) is 11.1 Å². The monoisotopic (exact) mass is 323 g/mol. The molecule has 1 atom stereocenters. The first kappa shape index (κ1) is 16.2. The molecule has 0 aliphatic carbocycles. The van der Waals surface area contributed by atoms with Crippen LogP contribution in [0.25, 0.3) is 0 Å². The molecule has 4 heteroatoms. The summed E-state index contributed by atoms with van der Waals surface area (Å²) in [6.07, 6.45) is 0.968. The maximum Gasteiger partial charge on any atom is 0.138 e. The van der Waals surface area contributed by atoms with Crippen LogP contribution in [-0.4, -0.2) is 14.2 Å². The van der Waals surface area contributed by atoms with E-state index in [1.54, 1.807) is 13.2 Å². The number of ether oxygens (including phenoxy) is 1. The Morgan fingerprint density at radius 2 is 1.81 bits per heavy atom. The number of nitrogens with one attached hydrogen (secondary N) is 1. The van der Waals surface area contributed by atoms with Gasteiger partial charge in [0.05, 0.1) is 18.2 Å². The van der Waals surface area contributed by atoms with E-state index in [2.05, 4.69) is 30.4 Å². The molecule has 0 heterocycles. The van der Waals surface area contributed by atoms with Gasteiger partial charge in [-0.15, -0.1) is 0 Å². The number of hydrogen-bond acceptors (Lipinski definition) is 2. The third kappa shape index (κ3) is 3.34. The molecule has 21 heavy (non-hydrogen) atoms. The zero-order valence-corrected chi connectivity index (χ0v) is 13.9. The Morgan fingerprint density at radius 3 is 2.43 bits per heavy atom. The standard InChI is InChI=1S/C17H19Cl2NO/c1-4-11-7-5-6-8-12(11)17(20-2)13-9-15(19)16(21-3)10-14(13)18/h5-10,17,20H,4H2,1-3H3. The molecule has 0 radical (unpaired) electrons. The maximum absolute atomic E-state index is 6.42. The topological polar surface area (TPSA) is 21.3 Å². The van der Waals surface area contributed by atoms with Crippen LogP contribution in [0.3, 0.4) is 0 Å². The largest absolute Gasteiger partial charge is 0.495 e. The Hall–Kier alpha value is -1.22. The SMILES string of the molecule is CCc1ccccc1C(NC)c1cc(Cl)c(OC)cc1Cl. The fourth-order valence-electron chi connectivity index (χ4n) is 2.54. The molecule has 2 aromatic carbocycles. The number of aryl methyl sites for hydroxylation is 1. The minimum absolute atomic E-state index is 0.00273.